The molecule has 2 heterocycles. The molecule has 1 aliphatic heterocycles. The Balaban J connectivity index is 1.22. The van der Waals surface area contributed by atoms with E-state index in [-0.39, 0.29) is 5.91 Å². The number of carboxylic acids is 1. The molecular weight excluding hydrogens is 662 g/mol. The molecule has 0 radical (unpaired) electrons. The number of nitrogens with one attached hydrogen (secondary N) is 1. The zero-order valence-corrected chi connectivity index (χ0v) is 29.9. The minimum absolute atomic E-state index is 0.0628. The highest BCUT2D eigenvalue weighted by molar-refractivity contribution is 7.99. The van der Waals surface area contributed by atoms with Gasteiger partial charge in [0.05, 0.1) is 52.7 Å². The van der Waals surface area contributed by atoms with E-state index in [9.17, 15) is 19.5 Å². The van der Waals surface area contributed by atoms with Crippen LogP contribution in [0.1, 0.15) is 40.7 Å². The van der Waals surface area contributed by atoms with Crippen molar-refractivity contribution in [3.8, 4) is 16.9 Å². The number of aromatic nitrogens is 2. The van der Waals surface area contributed by atoms with Crippen LogP contribution in [0.15, 0.2) is 78.0 Å². The van der Waals surface area contributed by atoms with Gasteiger partial charge in [0.2, 0.25) is 5.91 Å². The van der Waals surface area contributed by atoms with E-state index in [4.69, 9.17) is 16.3 Å². The molecule has 2 amide bonds. The van der Waals surface area contributed by atoms with Gasteiger partial charge in [-0.05, 0) is 49.2 Å². The van der Waals surface area contributed by atoms with Crippen LogP contribution in [0.25, 0.3) is 11.1 Å². The monoisotopic (exact) mass is 704 g/mol. The Bertz CT molecular complexity index is 1820. The molecule has 0 saturated carbocycles. The predicted octanol–water partition coefficient (Wildman–Crippen LogP) is 6.14. The largest absolute Gasteiger partial charge is 0.493 e. The van der Waals surface area contributed by atoms with Gasteiger partial charge in [-0.3, -0.25) is 14.3 Å². The normalized spacial score (nSPS) is 13.4. The Hall–Kier alpha value is -4.32. The number of nitrogens with zero attached hydrogens (tertiary/aromatic N) is 4. The summed E-state index contributed by atoms with van der Waals surface area (Å²) in [5.41, 5.74) is 4.98. The summed E-state index contributed by atoms with van der Waals surface area (Å²) in [7, 11) is 5.95. The molecule has 0 saturated heterocycles. The van der Waals surface area contributed by atoms with E-state index in [1.807, 2.05) is 92.5 Å². The van der Waals surface area contributed by atoms with Crippen LogP contribution in [-0.4, -0.2) is 89.8 Å². The summed E-state index contributed by atoms with van der Waals surface area (Å²) in [5.74, 6) is 0.110. The summed E-state index contributed by atoms with van der Waals surface area (Å²) in [6.07, 6.45) is 5.07. The van der Waals surface area contributed by atoms with Gasteiger partial charge in [-0.25, -0.2) is 4.79 Å². The SMILES string of the molecule is Cc1c(Cl)cccc1OCCCC(=O)N1CCSc2c(-c3cnn(Cc4cccc(C(=O)N[C@@H](CC[N+](C)(C)C)C(=O)O)c4)c3)cccc21. The summed E-state index contributed by atoms with van der Waals surface area (Å²) < 4.78 is 8.31. The van der Waals surface area contributed by atoms with Crippen LogP contribution in [-0.2, 0) is 16.1 Å². The molecule has 258 valence electrons. The van der Waals surface area contributed by atoms with Crippen molar-refractivity contribution in [2.75, 3.05) is 51.5 Å². The number of quaternary nitrogens is 1. The fourth-order valence-electron chi connectivity index (χ4n) is 5.62. The lowest BCUT2D eigenvalue weighted by atomic mass is 10.1. The maximum absolute atomic E-state index is 13.4. The molecule has 1 atom stereocenters. The van der Waals surface area contributed by atoms with Crippen LogP contribution in [0.4, 0.5) is 5.69 Å². The van der Waals surface area contributed by atoms with E-state index < -0.39 is 17.9 Å². The van der Waals surface area contributed by atoms with Gasteiger partial charge in [0, 0.05) is 63.5 Å². The Labute approximate surface area is 296 Å². The third kappa shape index (κ3) is 9.44. The molecule has 0 aliphatic carbocycles. The Morgan fingerprint density at radius 3 is 2.65 bits per heavy atom. The maximum Gasteiger partial charge on any atom is 0.326 e. The van der Waals surface area contributed by atoms with Crippen molar-refractivity contribution in [3.05, 3.63) is 94.8 Å². The number of hydrogen-bond donors (Lipinski definition) is 2. The second-order valence-corrected chi connectivity index (χ2v) is 14.7. The van der Waals surface area contributed by atoms with Gasteiger partial charge in [0.25, 0.3) is 5.91 Å². The highest BCUT2D eigenvalue weighted by Gasteiger charge is 2.26. The smallest absolute Gasteiger partial charge is 0.326 e. The number of anilines is 1. The van der Waals surface area contributed by atoms with Crippen LogP contribution in [0.2, 0.25) is 5.02 Å². The fourth-order valence-corrected chi connectivity index (χ4v) is 6.93. The zero-order valence-electron chi connectivity index (χ0n) is 28.3. The lowest BCUT2D eigenvalue weighted by molar-refractivity contribution is -0.870. The lowest BCUT2D eigenvalue weighted by Gasteiger charge is -2.30. The average Bonchev–Trinajstić information content (AvgIpc) is 3.53. The third-order valence-corrected chi connectivity index (χ3v) is 9.84. The van der Waals surface area contributed by atoms with E-state index in [1.165, 1.54) is 0 Å². The first-order chi connectivity index (χ1) is 23.4. The standard InChI is InChI=1S/C37H42ClN5O5S/c1-25-30(38)12-7-14-33(25)48-19-8-15-34(44)42-17-20-49-35-29(11-6-13-32(35)42)28-22-39-41(24-28)23-26-9-5-10-27(21-26)36(45)40-31(37(46)47)16-18-43(2,3)4/h5-7,9-14,21-22,24,31H,8,15-20,23H2,1-4H3,(H-,40,45,46,47)/p+1/t31-/m0/s1. The number of carbonyl (C=O) groups is 3. The zero-order chi connectivity index (χ0) is 35.1. The van der Waals surface area contributed by atoms with Crippen LogP contribution in [0.3, 0.4) is 0 Å². The first-order valence-electron chi connectivity index (χ1n) is 16.3. The minimum Gasteiger partial charge on any atom is -0.493 e. The van der Waals surface area contributed by atoms with Crippen LogP contribution in [0, 0.1) is 6.92 Å². The average molecular weight is 705 g/mol. The third-order valence-electron chi connectivity index (χ3n) is 8.33. The van der Waals surface area contributed by atoms with Gasteiger partial charge in [-0.2, -0.15) is 5.10 Å². The Kier molecular flexibility index (Phi) is 11.7. The van der Waals surface area contributed by atoms with E-state index >= 15 is 0 Å². The molecule has 1 aliphatic rings. The number of fused-ring (bicyclic) bond motifs is 1. The van der Waals surface area contributed by atoms with E-state index in [0.717, 1.165) is 44.3 Å². The number of amides is 2. The highest BCUT2D eigenvalue weighted by atomic mass is 35.5. The summed E-state index contributed by atoms with van der Waals surface area (Å²) >= 11 is 7.93. The second kappa shape index (κ2) is 15.9. The number of rotatable bonds is 14. The Morgan fingerprint density at radius 2 is 1.88 bits per heavy atom. The quantitative estimate of drug-likeness (QED) is 0.120. The summed E-state index contributed by atoms with van der Waals surface area (Å²) in [6, 6.07) is 17.7. The molecule has 1 aromatic heterocycles. The number of aliphatic carboxylic acids is 1. The highest BCUT2D eigenvalue weighted by Crippen LogP contribution is 2.42. The second-order valence-electron chi connectivity index (χ2n) is 13.2. The predicted molar refractivity (Wildman–Crippen MR) is 194 cm³/mol. The van der Waals surface area contributed by atoms with Gasteiger partial charge >= 0.3 is 5.97 Å². The summed E-state index contributed by atoms with van der Waals surface area (Å²) in [6.45, 7) is 4.02. The topological polar surface area (TPSA) is 114 Å². The van der Waals surface area contributed by atoms with E-state index in [2.05, 4.69) is 10.4 Å². The molecule has 10 nitrogen and oxygen atoms in total. The van der Waals surface area contributed by atoms with Crippen molar-refractivity contribution >= 4 is 46.8 Å². The van der Waals surface area contributed by atoms with Gasteiger partial charge in [0.15, 0.2) is 0 Å². The van der Waals surface area contributed by atoms with Gasteiger partial charge in [-0.15, -0.1) is 11.8 Å². The van der Waals surface area contributed by atoms with Crippen molar-refractivity contribution in [2.24, 2.45) is 0 Å². The molecular formula is C37H43ClN5O5S+. The number of thioether (sulfide) groups is 1. The summed E-state index contributed by atoms with van der Waals surface area (Å²) in [5, 5.41) is 17.6. The number of carbonyl (C=O) groups excluding carboxylic acids is 2. The molecule has 3 aromatic carbocycles. The molecule has 12 heteroatoms. The number of carboxylic acid groups (broad SMARTS) is 1. The molecule has 5 rings (SSSR count). The Morgan fingerprint density at radius 1 is 1.10 bits per heavy atom. The molecule has 49 heavy (non-hydrogen) atoms. The van der Waals surface area contributed by atoms with E-state index in [1.54, 1.807) is 30.0 Å². The number of halogens is 1. The van der Waals surface area contributed by atoms with Crippen LogP contribution < -0.4 is 15.0 Å². The molecule has 0 unspecified atom stereocenters. The summed E-state index contributed by atoms with van der Waals surface area (Å²) in [4.78, 5) is 41.1. The fraction of sp³-hybridized carbons (Fsp3) is 0.351. The lowest BCUT2D eigenvalue weighted by Crippen LogP contribution is -2.45. The van der Waals surface area contributed by atoms with Crippen molar-refractivity contribution in [1.82, 2.24) is 15.1 Å². The van der Waals surface area contributed by atoms with Crippen LogP contribution >= 0.6 is 23.4 Å². The minimum atomic E-state index is -1.05. The van der Waals surface area contributed by atoms with Crippen molar-refractivity contribution < 1.29 is 28.7 Å². The van der Waals surface area contributed by atoms with E-state index in [0.29, 0.717) is 60.6 Å². The first-order valence-corrected chi connectivity index (χ1v) is 17.7. The van der Waals surface area contributed by atoms with Gasteiger partial charge in [-0.1, -0.05) is 41.9 Å². The molecule has 4 aromatic rings. The number of benzene rings is 3. The molecule has 0 bridgehead atoms. The number of hydrogen-bond acceptors (Lipinski definition) is 6. The van der Waals surface area contributed by atoms with Crippen molar-refractivity contribution in [1.29, 1.82) is 0 Å². The first kappa shape index (κ1) is 36.0. The van der Waals surface area contributed by atoms with Crippen molar-refractivity contribution in [3.63, 3.8) is 0 Å². The molecule has 0 fully saturated rings. The molecule has 0 spiro atoms. The molecule has 2 N–H and O–H groups in total. The van der Waals surface area contributed by atoms with Gasteiger partial charge < -0.3 is 24.5 Å². The number of ether oxygens (including phenoxy) is 1. The van der Waals surface area contributed by atoms with Gasteiger partial charge in [0.1, 0.15) is 11.8 Å². The van der Waals surface area contributed by atoms with Crippen LogP contribution in [0.5, 0.6) is 5.75 Å². The van der Waals surface area contributed by atoms with Crippen molar-refractivity contribution in [2.45, 2.75) is 43.7 Å². The maximum atomic E-state index is 13.4.